The van der Waals surface area contributed by atoms with Crippen LogP contribution in [0.1, 0.15) is 116 Å². The van der Waals surface area contributed by atoms with Crippen LogP contribution in [0.4, 0.5) is 11.4 Å². The lowest BCUT2D eigenvalue weighted by atomic mass is 9.98. The van der Waals surface area contributed by atoms with Crippen molar-refractivity contribution in [1.82, 2.24) is 0 Å². The summed E-state index contributed by atoms with van der Waals surface area (Å²) in [4.78, 5) is 5.55. The summed E-state index contributed by atoms with van der Waals surface area (Å²) in [7, 11) is -6.06. The van der Waals surface area contributed by atoms with E-state index in [4.69, 9.17) is 0 Å². The first-order chi connectivity index (χ1) is 30.5. The van der Waals surface area contributed by atoms with Gasteiger partial charge >= 0.3 is 0 Å². The number of aryl methyl sites for hydroxylation is 2. The number of rotatable bonds is 22. The van der Waals surface area contributed by atoms with Gasteiger partial charge in [0.25, 0.3) is 0 Å². The quantitative estimate of drug-likeness (QED) is 0.0496. The fraction of sp³-hybridized carbons (Fsp3) is 0.379. The molecule has 0 N–H and O–H groups in total. The molecule has 0 bridgehead atoms. The molecule has 0 saturated carbocycles. The van der Waals surface area contributed by atoms with Crippen LogP contribution in [0.3, 0.4) is 0 Å². The predicted octanol–water partition coefficient (Wildman–Crippen LogP) is 11.4. The standard InChI is InChI=1S/C58H74N2Si2/c1-7-11-27-39-59(40-28-12-8-2)55-45-53-54-46-56(60(41-29-13-9-3)42-30-14-10-4)48(6)44-58(54)62(51-35-23-17-24-36-51,52-37-25-18-26-38-52)61(57(53)43-47(55)5,49-31-19-15-20-32-49)50-33-21-16-22-34-50/h15-26,31-38,43-46H,7-14,27-30,39-42H2,1-6H3. The van der Waals surface area contributed by atoms with Gasteiger partial charge in [0.2, 0.25) is 0 Å². The molecule has 0 aliphatic carbocycles. The van der Waals surface area contributed by atoms with E-state index in [9.17, 15) is 0 Å². The van der Waals surface area contributed by atoms with Crippen molar-refractivity contribution in [1.29, 1.82) is 0 Å². The summed E-state index contributed by atoms with van der Waals surface area (Å²) in [5.41, 5.74) is 8.64. The van der Waals surface area contributed by atoms with Gasteiger partial charge in [-0.2, -0.15) is 0 Å². The number of unbranched alkanes of at least 4 members (excludes halogenated alkanes) is 8. The summed E-state index contributed by atoms with van der Waals surface area (Å²) in [5, 5.41) is 9.21. The van der Waals surface area contributed by atoms with Crippen molar-refractivity contribution in [3.8, 4) is 11.1 Å². The van der Waals surface area contributed by atoms with Crippen molar-refractivity contribution in [2.24, 2.45) is 0 Å². The van der Waals surface area contributed by atoms with Crippen LogP contribution in [0.5, 0.6) is 0 Å². The van der Waals surface area contributed by atoms with Crippen LogP contribution in [-0.2, 0) is 0 Å². The van der Waals surface area contributed by atoms with Crippen molar-refractivity contribution in [3.63, 3.8) is 0 Å². The molecule has 0 amide bonds. The summed E-state index contributed by atoms with van der Waals surface area (Å²) < 4.78 is 0. The Morgan fingerprint density at radius 3 is 0.839 bits per heavy atom. The van der Waals surface area contributed by atoms with Gasteiger partial charge in [-0.3, -0.25) is 0 Å². The third-order valence-corrected chi connectivity index (χ3v) is 30.8. The summed E-state index contributed by atoms with van der Waals surface area (Å²) in [5.74, 6) is 0. The zero-order valence-electron chi connectivity index (χ0n) is 39.1. The molecule has 6 aromatic carbocycles. The lowest BCUT2D eigenvalue weighted by Crippen LogP contribution is -2.95. The molecule has 0 saturated heterocycles. The maximum absolute atomic E-state index is 3.03. The van der Waals surface area contributed by atoms with Gasteiger partial charge in [-0.25, -0.2) is 0 Å². The van der Waals surface area contributed by atoms with E-state index >= 15 is 0 Å². The number of fused-ring (bicyclic) bond motifs is 3. The maximum atomic E-state index is 2.78. The third kappa shape index (κ3) is 8.80. The molecule has 0 aromatic heterocycles. The first kappa shape index (κ1) is 45.4. The van der Waals surface area contributed by atoms with Crippen LogP contribution >= 0.6 is 0 Å². The minimum atomic E-state index is -3.03. The van der Waals surface area contributed by atoms with Crippen molar-refractivity contribution >= 4 is 57.7 Å². The van der Waals surface area contributed by atoms with Crippen molar-refractivity contribution in [2.45, 2.75) is 119 Å². The van der Waals surface area contributed by atoms with Gasteiger partial charge in [0, 0.05) is 37.6 Å². The average Bonchev–Trinajstić information content (AvgIpc) is 3.31. The van der Waals surface area contributed by atoms with Crippen LogP contribution < -0.4 is 40.9 Å². The Hall–Kier alpha value is -4.65. The first-order valence-corrected chi connectivity index (χ1v) is 29.5. The molecular formula is C58H74N2Si2. The van der Waals surface area contributed by atoms with Gasteiger partial charge in [-0.1, -0.05) is 233 Å². The van der Waals surface area contributed by atoms with E-state index in [2.05, 4.69) is 197 Å². The minimum Gasteiger partial charge on any atom is -0.371 e. The van der Waals surface area contributed by atoms with Crippen molar-refractivity contribution in [2.75, 3.05) is 36.0 Å². The van der Waals surface area contributed by atoms with Crippen molar-refractivity contribution < 1.29 is 0 Å². The van der Waals surface area contributed by atoms with E-state index < -0.39 is 15.2 Å². The van der Waals surface area contributed by atoms with Gasteiger partial charge in [0.05, 0.1) is 0 Å². The molecule has 0 fully saturated rings. The lowest BCUT2D eigenvalue weighted by molar-refractivity contribution is 0.635. The Balaban J connectivity index is 1.67. The second kappa shape index (κ2) is 21.6. The number of nitrogens with zero attached hydrogens (tertiary/aromatic N) is 2. The van der Waals surface area contributed by atoms with Gasteiger partial charge in [-0.05, 0) is 84.3 Å². The number of anilines is 2. The average molecular weight is 855 g/mol. The molecule has 2 nitrogen and oxygen atoms in total. The Morgan fingerprint density at radius 1 is 0.339 bits per heavy atom. The zero-order chi connectivity index (χ0) is 43.4. The van der Waals surface area contributed by atoms with Crippen LogP contribution in [0.2, 0.25) is 0 Å². The first-order valence-electron chi connectivity index (χ1n) is 24.5. The number of hydrogen-bond acceptors (Lipinski definition) is 2. The third-order valence-electron chi connectivity index (χ3n) is 14.0. The molecule has 1 aliphatic heterocycles. The second-order valence-corrected chi connectivity index (χ2v) is 29.0. The Labute approximate surface area is 378 Å². The summed E-state index contributed by atoms with van der Waals surface area (Å²) in [6.45, 7) is 18.7. The van der Waals surface area contributed by atoms with Crippen LogP contribution in [0.25, 0.3) is 11.1 Å². The SMILES string of the molecule is CCCCCN(CCCCC)c1cc2c(cc1C)[Si](c1ccccc1)(c1ccccc1)[Si](c1ccccc1)(c1ccccc1)c1cc(C)c(N(CCCCC)CCCCC)cc1-2. The Kier molecular flexibility index (Phi) is 15.8. The highest BCUT2D eigenvalue weighted by molar-refractivity contribution is 7.68. The van der Waals surface area contributed by atoms with E-state index in [0.29, 0.717) is 0 Å². The monoisotopic (exact) mass is 855 g/mol. The van der Waals surface area contributed by atoms with E-state index in [1.54, 1.807) is 10.4 Å². The van der Waals surface area contributed by atoms with E-state index in [1.165, 1.54) is 131 Å². The molecule has 0 unspecified atom stereocenters. The largest absolute Gasteiger partial charge is 0.371 e. The summed E-state index contributed by atoms with van der Waals surface area (Å²) in [6, 6.07) is 58.4. The molecule has 1 heterocycles. The number of benzene rings is 6. The smallest absolute Gasteiger partial charge is 0.155 e. The predicted molar refractivity (Wildman–Crippen MR) is 279 cm³/mol. The molecular weight excluding hydrogens is 781 g/mol. The molecule has 6 aromatic rings. The molecule has 1 aliphatic rings. The fourth-order valence-corrected chi connectivity index (χ4v) is 31.2. The topological polar surface area (TPSA) is 6.48 Å². The highest BCUT2D eigenvalue weighted by Crippen LogP contribution is 2.39. The lowest BCUT2D eigenvalue weighted by Gasteiger charge is -2.54. The second-order valence-electron chi connectivity index (χ2n) is 18.1. The highest BCUT2D eigenvalue weighted by Gasteiger charge is 2.65. The molecule has 324 valence electrons. The molecule has 62 heavy (non-hydrogen) atoms. The summed E-state index contributed by atoms with van der Waals surface area (Å²) >= 11 is 0. The molecule has 0 spiro atoms. The minimum absolute atomic E-state index is 1.11. The number of hydrogen-bond donors (Lipinski definition) is 0. The van der Waals surface area contributed by atoms with Crippen LogP contribution in [0, 0.1) is 13.8 Å². The van der Waals surface area contributed by atoms with E-state index in [1.807, 2.05) is 0 Å². The Bertz CT molecular complexity index is 2030. The van der Waals surface area contributed by atoms with Crippen LogP contribution in [0.15, 0.2) is 146 Å². The normalized spacial score (nSPS) is 13.6. The van der Waals surface area contributed by atoms with Gasteiger partial charge in [0.15, 0.2) is 15.2 Å². The van der Waals surface area contributed by atoms with Crippen LogP contribution in [-0.4, -0.2) is 41.4 Å². The molecule has 7 rings (SSSR count). The van der Waals surface area contributed by atoms with E-state index in [0.717, 1.165) is 26.2 Å². The van der Waals surface area contributed by atoms with Gasteiger partial charge in [-0.15, -0.1) is 0 Å². The molecule has 4 heteroatoms. The van der Waals surface area contributed by atoms with Gasteiger partial charge < -0.3 is 9.80 Å². The summed E-state index contributed by atoms with van der Waals surface area (Å²) in [6.07, 6.45) is 15.0. The molecule has 0 atom stereocenters. The van der Waals surface area contributed by atoms with E-state index in [-0.39, 0.29) is 0 Å². The highest BCUT2D eigenvalue weighted by atomic mass is 29.3. The van der Waals surface area contributed by atoms with Crippen molar-refractivity contribution in [3.05, 3.63) is 157 Å². The van der Waals surface area contributed by atoms with Gasteiger partial charge in [0.1, 0.15) is 0 Å². The fourth-order valence-electron chi connectivity index (χ4n) is 11.0. The Morgan fingerprint density at radius 2 is 0.597 bits per heavy atom. The zero-order valence-corrected chi connectivity index (χ0v) is 41.1. The molecule has 0 radical (unpaired) electrons. The maximum Gasteiger partial charge on any atom is 0.155 e.